The molecule has 0 aromatic heterocycles. The fraction of sp³-hybridized carbons (Fsp3) is 1.00. The van der Waals surface area contributed by atoms with Crippen molar-refractivity contribution in [2.45, 2.75) is 24.1 Å². The Kier molecular flexibility index (Phi) is 2.67. The van der Waals surface area contributed by atoms with E-state index < -0.39 is 30.7 Å². The first kappa shape index (κ1) is 9.85. The first-order chi connectivity index (χ1) is 5.55. The van der Waals surface area contributed by atoms with E-state index in [1.54, 1.807) is 0 Å². The molecule has 0 bridgehead atoms. The lowest BCUT2D eigenvalue weighted by Gasteiger charge is -2.23. The summed E-state index contributed by atoms with van der Waals surface area (Å²) in [5, 5.41) is 36.4. The third-order valence-electron chi connectivity index (χ3n) is 1.99. The molecule has 0 saturated carbocycles. The number of ether oxygens (including phenoxy) is 1. The normalized spacial score (nSPS) is 48.2. The van der Waals surface area contributed by atoms with Gasteiger partial charge in [-0.1, -0.05) is 0 Å². The van der Waals surface area contributed by atoms with Crippen LogP contribution in [0.25, 0.3) is 0 Å². The molecule has 1 saturated heterocycles. The van der Waals surface area contributed by atoms with Crippen molar-refractivity contribution < 1.29 is 25.2 Å². The largest absolute Gasteiger partial charge is 0.394 e. The lowest BCUT2D eigenvalue weighted by atomic mass is 10.1. The maximum absolute atomic E-state index is 9.37. The fourth-order valence-corrected chi connectivity index (χ4v) is 1.19. The van der Waals surface area contributed by atoms with E-state index in [9.17, 15) is 15.3 Å². The first-order valence-corrected chi connectivity index (χ1v) is 3.62. The number of aliphatic hydroxyl groups is 4. The van der Waals surface area contributed by atoms with Crippen LogP contribution < -0.4 is 5.73 Å². The quantitative estimate of drug-likeness (QED) is 0.304. The molecule has 0 amide bonds. The molecule has 6 N–H and O–H groups in total. The molecule has 1 heterocycles. The molecule has 12 heavy (non-hydrogen) atoms. The molecule has 1 aliphatic rings. The predicted molar refractivity (Wildman–Crippen MR) is 38.0 cm³/mol. The molecule has 4 atom stereocenters. The van der Waals surface area contributed by atoms with Crippen LogP contribution in [0.3, 0.4) is 0 Å². The minimum atomic E-state index is -1.94. The van der Waals surface area contributed by atoms with Crippen LogP contribution >= 0.6 is 0 Å². The molecule has 0 aromatic carbocycles. The number of nitrogens with two attached hydrogens (primary N) is 1. The monoisotopic (exact) mass is 179 g/mol. The van der Waals surface area contributed by atoms with Gasteiger partial charge in [0, 0.05) is 6.54 Å². The molecule has 0 aromatic rings. The van der Waals surface area contributed by atoms with E-state index in [4.69, 9.17) is 15.6 Å². The third-order valence-corrected chi connectivity index (χ3v) is 1.99. The average Bonchev–Trinajstić information content (AvgIpc) is 2.31. The molecule has 0 aliphatic carbocycles. The van der Waals surface area contributed by atoms with Crippen LogP contribution in [0.15, 0.2) is 0 Å². The Hall–Kier alpha value is -0.240. The van der Waals surface area contributed by atoms with Crippen molar-refractivity contribution in [3.63, 3.8) is 0 Å². The van der Waals surface area contributed by atoms with Crippen molar-refractivity contribution in [1.29, 1.82) is 0 Å². The summed E-state index contributed by atoms with van der Waals surface area (Å²) in [6.45, 7) is -0.803. The Morgan fingerprint density at radius 1 is 1.42 bits per heavy atom. The van der Waals surface area contributed by atoms with Gasteiger partial charge in [0.2, 0.25) is 5.79 Å². The number of aliphatic hydroxyl groups excluding tert-OH is 3. The van der Waals surface area contributed by atoms with Gasteiger partial charge in [-0.3, -0.25) is 0 Å². The number of hydrogen-bond acceptors (Lipinski definition) is 6. The van der Waals surface area contributed by atoms with Crippen molar-refractivity contribution in [1.82, 2.24) is 0 Å². The molecule has 6 heteroatoms. The van der Waals surface area contributed by atoms with Gasteiger partial charge in [-0.2, -0.15) is 0 Å². The number of hydrogen-bond donors (Lipinski definition) is 5. The average molecular weight is 179 g/mol. The topological polar surface area (TPSA) is 116 Å². The van der Waals surface area contributed by atoms with E-state index >= 15 is 0 Å². The molecule has 1 aliphatic heterocycles. The van der Waals surface area contributed by atoms with Gasteiger partial charge in [-0.25, -0.2) is 0 Å². The van der Waals surface area contributed by atoms with E-state index in [1.807, 2.05) is 0 Å². The molecular formula is C6H13NO5. The van der Waals surface area contributed by atoms with Crippen LogP contribution in [0.5, 0.6) is 0 Å². The summed E-state index contributed by atoms with van der Waals surface area (Å²) in [4.78, 5) is 0. The van der Waals surface area contributed by atoms with Gasteiger partial charge in [0.1, 0.15) is 18.3 Å². The molecule has 6 nitrogen and oxygen atoms in total. The third kappa shape index (κ3) is 1.33. The standard InChI is InChI=1S/C6H13NO5/c7-2-6(11)5(10)4(9)3(1-8)12-6/h3-5,8-11H,1-2,7H2/t3-,4+,5?,6-/m1/s1. The van der Waals surface area contributed by atoms with E-state index in [0.29, 0.717) is 0 Å². The van der Waals surface area contributed by atoms with Crippen molar-refractivity contribution in [3.05, 3.63) is 0 Å². The zero-order valence-corrected chi connectivity index (χ0v) is 6.42. The minimum Gasteiger partial charge on any atom is -0.394 e. The summed E-state index contributed by atoms with van der Waals surface area (Å²) in [6, 6.07) is 0. The Bertz CT molecular complexity index is 166. The van der Waals surface area contributed by atoms with Gasteiger partial charge in [-0.15, -0.1) is 0 Å². The lowest BCUT2D eigenvalue weighted by Crippen LogP contribution is -2.48. The zero-order chi connectivity index (χ0) is 9.35. The highest BCUT2D eigenvalue weighted by atomic mass is 16.7. The number of rotatable bonds is 2. The van der Waals surface area contributed by atoms with Crippen LogP contribution in [0.1, 0.15) is 0 Å². The lowest BCUT2D eigenvalue weighted by molar-refractivity contribution is -0.222. The van der Waals surface area contributed by atoms with Gasteiger partial charge < -0.3 is 30.9 Å². The highest BCUT2D eigenvalue weighted by Crippen LogP contribution is 2.27. The van der Waals surface area contributed by atoms with Crippen molar-refractivity contribution in [2.24, 2.45) is 5.73 Å². The highest BCUT2D eigenvalue weighted by molar-refractivity contribution is 4.95. The zero-order valence-electron chi connectivity index (χ0n) is 6.42. The summed E-state index contributed by atoms with van der Waals surface area (Å²) in [5.74, 6) is -1.94. The Balaban J connectivity index is 2.72. The summed E-state index contributed by atoms with van der Waals surface area (Å²) in [6.07, 6.45) is -3.75. The van der Waals surface area contributed by atoms with Crippen LogP contribution in [0, 0.1) is 0 Å². The van der Waals surface area contributed by atoms with Gasteiger partial charge in [0.05, 0.1) is 6.61 Å². The summed E-state index contributed by atoms with van der Waals surface area (Å²) >= 11 is 0. The van der Waals surface area contributed by atoms with E-state index in [1.165, 1.54) is 0 Å². The second-order valence-electron chi connectivity index (χ2n) is 2.82. The SMILES string of the molecule is NC[C@@]1(O)O[C@H](CO)[C@H](O)C1O. The van der Waals surface area contributed by atoms with Gasteiger partial charge in [-0.05, 0) is 0 Å². The molecule has 1 rings (SSSR count). The van der Waals surface area contributed by atoms with Crippen LogP contribution in [0.2, 0.25) is 0 Å². The van der Waals surface area contributed by atoms with Crippen LogP contribution in [0.4, 0.5) is 0 Å². The van der Waals surface area contributed by atoms with Crippen molar-refractivity contribution >= 4 is 0 Å². The predicted octanol–water partition coefficient (Wildman–Crippen LogP) is -3.25. The fourth-order valence-electron chi connectivity index (χ4n) is 1.19. The Morgan fingerprint density at radius 2 is 2.00 bits per heavy atom. The van der Waals surface area contributed by atoms with Gasteiger partial charge >= 0.3 is 0 Å². The molecule has 72 valence electrons. The Morgan fingerprint density at radius 3 is 2.25 bits per heavy atom. The van der Waals surface area contributed by atoms with Crippen molar-refractivity contribution in [3.8, 4) is 0 Å². The van der Waals surface area contributed by atoms with Crippen LogP contribution in [-0.2, 0) is 4.74 Å². The van der Waals surface area contributed by atoms with E-state index in [0.717, 1.165) is 0 Å². The Labute approximate surface area is 69.2 Å². The molecular weight excluding hydrogens is 166 g/mol. The second-order valence-corrected chi connectivity index (χ2v) is 2.82. The molecule has 0 spiro atoms. The summed E-state index contributed by atoms with van der Waals surface area (Å²) in [5.41, 5.74) is 5.11. The van der Waals surface area contributed by atoms with E-state index in [-0.39, 0.29) is 6.54 Å². The van der Waals surface area contributed by atoms with Crippen LogP contribution in [-0.4, -0.2) is 57.7 Å². The summed E-state index contributed by atoms with van der Waals surface area (Å²) in [7, 11) is 0. The minimum absolute atomic E-state index is 0.332. The smallest absolute Gasteiger partial charge is 0.207 e. The first-order valence-electron chi connectivity index (χ1n) is 3.62. The molecule has 1 unspecified atom stereocenters. The maximum atomic E-state index is 9.37. The second kappa shape index (κ2) is 3.25. The van der Waals surface area contributed by atoms with Crippen molar-refractivity contribution in [2.75, 3.05) is 13.2 Å². The maximum Gasteiger partial charge on any atom is 0.207 e. The molecule has 0 radical (unpaired) electrons. The summed E-state index contributed by atoms with van der Waals surface area (Å²) < 4.78 is 4.75. The van der Waals surface area contributed by atoms with Gasteiger partial charge in [0.25, 0.3) is 0 Å². The highest BCUT2D eigenvalue weighted by Gasteiger charge is 2.52. The van der Waals surface area contributed by atoms with E-state index in [2.05, 4.69) is 0 Å². The molecule has 1 fully saturated rings. The van der Waals surface area contributed by atoms with Gasteiger partial charge in [0.15, 0.2) is 0 Å².